The largest absolute Gasteiger partial charge is 0.378 e. The Kier molecular flexibility index (Phi) is 10.0. The van der Waals surface area contributed by atoms with E-state index >= 15 is 0 Å². The van der Waals surface area contributed by atoms with Gasteiger partial charge in [-0.15, -0.1) is 0 Å². The number of unbranched alkanes of at least 4 members (excludes halogenated alkanes) is 3. The number of amides is 2. The summed E-state index contributed by atoms with van der Waals surface area (Å²) in [5, 5.41) is 6.51. The van der Waals surface area contributed by atoms with Gasteiger partial charge in [-0.1, -0.05) is 19.8 Å². The van der Waals surface area contributed by atoms with Crippen LogP contribution in [0.3, 0.4) is 0 Å². The van der Waals surface area contributed by atoms with E-state index < -0.39 is 0 Å². The van der Waals surface area contributed by atoms with Gasteiger partial charge in [-0.25, -0.2) is 0 Å². The number of morpholine rings is 1. The van der Waals surface area contributed by atoms with Gasteiger partial charge in [0.25, 0.3) is 0 Å². The predicted octanol–water partition coefficient (Wildman–Crippen LogP) is 2.43. The molecule has 0 bridgehead atoms. The molecule has 0 aromatic carbocycles. The third kappa shape index (κ3) is 9.21. The van der Waals surface area contributed by atoms with Gasteiger partial charge in [0.1, 0.15) is 0 Å². The summed E-state index contributed by atoms with van der Waals surface area (Å²) in [6.07, 6.45) is 5.77. The first kappa shape index (κ1) is 21.9. The summed E-state index contributed by atoms with van der Waals surface area (Å²) in [7, 11) is 0. The summed E-state index contributed by atoms with van der Waals surface area (Å²) < 4.78 is 5.26. The number of nitrogens with zero attached hydrogens (tertiary/aromatic N) is 1. The molecule has 1 fully saturated rings. The molecule has 1 atom stereocenters. The lowest BCUT2D eigenvalue weighted by Gasteiger charge is -2.33. The average molecular weight is 356 g/mol. The van der Waals surface area contributed by atoms with Crippen molar-refractivity contribution >= 4 is 11.8 Å². The maximum atomic E-state index is 12.1. The van der Waals surface area contributed by atoms with Crippen LogP contribution >= 0.6 is 0 Å². The van der Waals surface area contributed by atoms with Crippen molar-refractivity contribution in [2.45, 2.75) is 84.3 Å². The van der Waals surface area contributed by atoms with Crippen LogP contribution in [0.2, 0.25) is 0 Å². The average Bonchev–Trinajstić information content (AvgIpc) is 2.57. The fourth-order valence-electron chi connectivity index (χ4n) is 3.12. The summed E-state index contributed by atoms with van der Waals surface area (Å²) in [6.45, 7) is 11.0. The number of carbonyl (C=O) groups is 2. The molecule has 1 aliphatic rings. The SMILES string of the molecule is CCC(C)(NC(=O)CCCCCCC(=O)N1CCOCC1)NC(C)C. The van der Waals surface area contributed by atoms with Crippen molar-refractivity contribution in [1.82, 2.24) is 15.5 Å². The first-order chi connectivity index (χ1) is 11.9. The molecule has 2 N–H and O–H groups in total. The number of nitrogens with one attached hydrogen (secondary N) is 2. The molecule has 0 spiro atoms. The van der Waals surface area contributed by atoms with Crippen molar-refractivity contribution in [3.8, 4) is 0 Å². The molecule has 0 radical (unpaired) electrons. The van der Waals surface area contributed by atoms with Crippen molar-refractivity contribution in [2.75, 3.05) is 26.3 Å². The highest BCUT2D eigenvalue weighted by Gasteiger charge is 2.24. The first-order valence-corrected chi connectivity index (χ1v) is 9.80. The van der Waals surface area contributed by atoms with E-state index in [1.54, 1.807) is 0 Å². The highest BCUT2D eigenvalue weighted by molar-refractivity contribution is 5.76. The monoisotopic (exact) mass is 355 g/mol. The normalized spacial score (nSPS) is 17.4. The second kappa shape index (κ2) is 11.5. The molecule has 1 unspecified atom stereocenters. The summed E-state index contributed by atoms with van der Waals surface area (Å²) in [4.78, 5) is 26.0. The number of carbonyl (C=O) groups excluding carboxylic acids is 2. The number of ether oxygens (including phenoxy) is 1. The van der Waals surface area contributed by atoms with Crippen LogP contribution in [0.15, 0.2) is 0 Å². The number of hydrogen-bond donors (Lipinski definition) is 2. The minimum Gasteiger partial charge on any atom is -0.378 e. The maximum absolute atomic E-state index is 12.1. The van der Waals surface area contributed by atoms with E-state index in [1.165, 1.54) is 0 Å². The molecule has 0 aromatic rings. The van der Waals surface area contributed by atoms with E-state index in [-0.39, 0.29) is 17.5 Å². The molecule has 6 heteroatoms. The van der Waals surface area contributed by atoms with Crippen LogP contribution in [0.1, 0.15) is 72.6 Å². The molecule has 2 amide bonds. The smallest absolute Gasteiger partial charge is 0.222 e. The van der Waals surface area contributed by atoms with Gasteiger partial charge in [-0.2, -0.15) is 0 Å². The Morgan fingerprint density at radius 2 is 1.68 bits per heavy atom. The van der Waals surface area contributed by atoms with E-state index in [9.17, 15) is 9.59 Å². The Morgan fingerprint density at radius 1 is 1.08 bits per heavy atom. The highest BCUT2D eigenvalue weighted by atomic mass is 16.5. The fourth-order valence-corrected chi connectivity index (χ4v) is 3.12. The summed E-state index contributed by atoms with van der Waals surface area (Å²) in [6, 6.07) is 0.328. The van der Waals surface area contributed by atoms with Crippen molar-refractivity contribution in [2.24, 2.45) is 0 Å². The van der Waals surface area contributed by atoms with Gasteiger partial charge in [-0.3, -0.25) is 14.9 Å². The van der Waals surface area contributed by atoms with Crippen LogP contribution in [-0.4, -0.2) is 54.7 Å². The van der Waals surface area contributed by atoms with Gasteiger partial charge in [0.15, 0.2) is 0 Å². The lowest BCUT2D eigenvalue weighted by molar-refractivity contribution is -0.135. The lowest BCUT2D eigenvalue weighted by atomic mass is 10.1. The number of rotatable bonds is 11. The zero-order valence-corrected chi connectivity index (χ0v) is 16.5. The van der Waals surface area contributed by atoms with Crippen LogP contribution in [0.4, 0.5) is 0 Å². The standard InChI is InChI=1S/C19H37N3O3/c1-5-19(4,20-16(2)3)21-17(23)10-8-6-7-9-11-18(24)22-12-14-25-15-13-22/h16,20H,5-15H2,1-4H3,(H,21,23). The molecule has 0 aliphatic carbocycles. The molecular formula is C19H37N3O3. The van der Waals surface area contributed by atoms with Crippen LogP contribution in [0.5, 0.6) is 0 Å². The molecule has 0 aromatic heterocycles. The van der Waals surface area contributed by atoms with E-state index in [2.05, 4.69) is 31.4 Å². The van der Waals surface area contributed by atoms with E-state index in [1.807, 2.05) is 11.8 Å². The third-order valence-electron chi connectivity index (χ3n) is 4.64. The van der Waals surface area contributed by atoms with E-state index in [4.69, 9.17) is 4.74 Å². The summed E-state index contributed by atoms with van der Waals surface area (Å²) in [5.41, 5.74) is -0.337. The zero-order chi connectivity index (χ0) is 18.7. The molecule has 25 heavy (non-hydrogen) atoms. The molecular weight excluding hydrogens is 318 g/mol. The van der Waals surface area contributed by atoms with Gasteiger partial charge in [0.2, 0.25) is 11.8 Å². The highest BCUT2D eigenvalue weighted by Crippen LogP contribution is 2.10. The molecule has 146 valence electrons. The molecule has 1 rings (SSSR count). The number of hydrogen-bond acceptors (Lipinski definition) is 4. The Balaban J connectivity index is 2.10. The zero-order valence-electron chi connectivity index (χ0n) is 16.5. The van der Waals surface area contributed by atoms with Crippen LogP contribution in [0.25, 0.3) is 0 Å². The second-order valence-corrected chi connectivity index (χ2v) is 7.44. The van der Waals surface area contributed by atoms with E-state index in [0.717, 1.165) is 45.2 Å². The van der Waals surface area contributed by atoms with Crippen LogP contribution in [-0.2, 0) is 14.3 Å². The van der Waals surface area contributed by atoms with Gasteiger partial charge in [0.05, 0.1) is 18.9 Å². The minimum absolute atomic E-state index is 0.0990. The van der Waals surface area contributed by atoms with E-state index in [0.29, 0.717) is 32.1 Å². The Morgan fingerprint density at radius 3 is 2.24 bits per heavy atom. The fraction of sp³-hybridized carbons (Fsp3) is 0.895. The molecule has 6 nitrogen and oxygen atoms in total. The minimum atomic E-state index is -0.337. The maximum Gasteiger partial charge on any atom is 0.222 e. The predicted molar refractivity (Wildman–Crippen MR) is 100 cm³/mol. The van der Waals surface area contributed by atoms with Gasteiger partial charge in [-0.05, 0) is 40.0 Å². The van der Waals surface area contributed by atoms with Crippen molar-refractivity contribution < 1.29 is 14.3 Å². The van der Waals surface area contributed by atoms with Crippen LogP contribution < -0.4 is 10.6 Å². The molecule has 1 aliphatic heterocycles. The van der Waals surface area contributed by atoms with Crippen molar-refractivity contribution in [3.63, 3.8) is 0 Å². The topological polar surface area (TPSA) is 70.7 Å². The Bertz CT molecular complexity index is 409. The van der Waals surface area contributed by atoms with Gasteiger partial charge >= 0.3 is 0 Å². The summed E-state index contributed by atoms with van der Waals surface area (Å²) in [5.74, 6) is 0.335. The Hall–Kier alpha value is -1.14. The summed E-state index contributed by atoms with van der Waals surface area (Å²) >= 11 is 0. The molecule has 1 saturated heterocycles. The third-order valence-corrected chi connectivity index (χ3v) is 4.64. The Labute approximate surface area is 153 Å². The first-order valence-electron chi connectivity index (χ1n) is 9.80. The van der Waals surface area contributed by atoms with Gasteiger partial charge in [0, 0.05) is 32.0 Å². The van der Waals surface area contributed by atoms with Crippen molar-refractivity contribution in [1.29, 1.82) is 0 Å². The molecule has 1 heterocycles. The molecule has 0 saturated carbocycles. The lowest BCUT2D eigenvalue weighted by Crippen LogP contribution is -2.58. The quantitative estimate of drug-likeness (QED) is 0.441. The van der Waals surface area contributed by atoms with Crippen molar-refractivity contribution in [3.05, 3.63) is 0 Å². The van der Waals surface area contributed by atoms with Gasteiger partial charge < -0.3 is 15.0 Å². The van der Waals surface area contributed by atoms with Crippen LogP contribution in [0, 0.1) is 0 Å². The second-order valence-electron chi connectivity index (χ2n) is 7.44.